The lowest BCUT2D eigenvalue weighted by atomic mass is 10.1. The number of halogens is 2. The van der Waals surface area contributed by atoms with Crippen molar-refractivity contribution in [3.05, 3.63) is 62.6 Å². The molecule has 0 atom stereocenters. The van der Waals surface area contributed by atoms with E-state index in [1.54, 1.807) is 0 Å². The van der Waals surface area contributed by atoms with Crippen molar-refractivity contribution in [3.8, 4) is 5.75 Å². The second-order valence-electron chi connectivity index (χ2n) is 4.92. The van der Waals surface area contributed by atoms with Crippen LogP contribution in [0.15, 0.2) is 40.9 Å². The van der Waals surface area contributed by atoms with E-state index in [2.05, 4.69) is 34.2 Å². The zero-order valence-corrected chi connectivity index (χ0v) is 14.6. The molecule has 4 heteroatoms. The monoisotopic (exact) mass is 367 g/mol. The largest absolute Gasteiger partial charge is 0.489 e. The van der Waals surface area contributed by atoms with Gasteiger partial charge in [-0.15, -0.1) is 0 Å². The maximum Gasteiger partial charge on any atom is 0.124 e. The Hall–Kier alpha value is -1.03. The molecule has 0 saturated carbocycles. The van der Waals surface area contributed by atoms with Crippen molar-refractivity contribution < 1.29 is 4.74 Å². The second-order valence-corrected chi connectivity index (χ2v) is 6.24. The molecule has 0 aliphatic carbocycles. The van der Waals surface area contributed by atoms with Gasteiger partial charge in [0.1, 0.15) is 12.4 Å². The van der Waals surface area contributed by atoms with Crippen molar-refractivity contribution in [2.45, 2.75) is 27.0 Å². The average molecular weight is 369 g/mol. The Morgan fingerprint density at radius 3 is 2.67 bits per heavy atom. The van der Waals surface area contributed by atoms with E-state index in [4.69, 9.17) is 16.3 Å². The van der Waals surface area contributed by atoms with Gasteiger partial charge >= 0.3 is 0 Å². The van der Waals surface area contributed by atoms with E-state index in [1.807, 2.05) is 37.3 Å². The van der Waals surface area contributed by atoms with Crippen molar-refractivity contribution in [2.75, 3.05) is 6.54 Å². The highest BCUT2D eigenvalue weighted by Gasteiger charge is 2.07. The van der Waals surface area contributed by atoms with Crippen LogP contribution in [0, 0.1) is 6.92 Å². The lowest BCUT2D eigenvalue weighted by Crippen LogP contribution is -2.13. The van der Waals surface area contributed by atoms with E-state index in [1.165, 1.54) is 0 Å². The minimum absolute atomic E-state index is 0.472. The Labute approximate surface area is 139 Å². The third-order valence-electron chi connectivity index (χ3n) is 3.18. The molecular weight excluding hydrogens is 350 g/mol. The number of hydrogen-bond acceptors (Lipinski definition) is 2. The normalized spacial score (nSPS) is 10.7. The molecule has 1 N–H and O–H groups in total. The van der Waals surface area contributed by atoms with Crippen LogP contribution in [-0.2, 0) is 13.2 Å². The molecule has 0 aliphatic rings. The first-order chi connectivity index (χ1) is 10.1. The zero-order valence-electron chi connectivity index (χ0n) is 12.2. The second kappa shape index (κ2) is 7.83. The first-order valence-corrected chi connectivity index (χ1v) is 8.14. The number of ether oxygens (including phenoxy) is 1. The fourth-order valence-electron chi connectivity index (χ4n) is 2.01. The van der Waals surface area contributed by atoms with Crippen molar-refractivity contribution >= 4 is 27.5 Å². The quantitative estimate of drug-likeness (QED) is 0.766. The van der Waals surface area contributed by atoms with Crippen LogP contribution in [0.4, 0.5) is 0 Å². The topological polar surface area (TPSA) is 21.3 Å². The Kier molecular flexibility index (Phi) is 6.09. The third kappa shape index (κ3) is 4.73. The Balaban J connectivity index is 2.11. The predicted octanol–water partition coefficient (Wildman–Crippen LogP) is 5.10. The maximum absolute atomic E-state index is 6.24. The number of nitrogens with one attached hydrogen (secondary N) is 1. The van der Waals surface area contributed by atoms with Crippen LogP contribution in [0.1, 0.15) is 23.6 Å². The van der Waals surface area contributed by atoms with Gasteiger partial charge in [-0.2, -0.15) is 0 Å². The number of hydrogen-bond donors (Lipinski definition) is 1. The van der Waals surface area contributed by atoms with Crippen LogP contribution in [0.2, 0.25) is 5.02 Å². The summed E-state index contributed by atoms with van der Waals surface area (Å²) < 4.78 is 7.00. The SMILES string of the molecule is CCNCc1cc(Br)ccc1OCc1ccc(C)cc1Cl. The number of aryl methyl sites for hydroxylation is 1. The summed E-state index contributed by atoms with van der Waals surface area (Å²) in [6.07, 6.45) is 0. The van der Waals surface area contributed by atoms with Gasteiger partial charge in [-0.1, -0.05) is 46.6 Å². The van der Waals surface area contributed by atoms with Crippen LogP contribution in [-0.4, -0.2) is 6.54 Å². The third-order valence-corrected chi connectivity index (χ3v) is 4.02. The van der Waals surface area contributed by atoms with Crippen LogP contribution in [0.25, 0.3) is 0 Å². The van der Waals surface area contributed by atoms with Gasteiger partial charge in [-0.3, -0.25) is 0 Å². The smallest absolute Gasteiger partial charge is 0.124 e. The van der Waals surface area contributed by atoms with Crippen LogP contribution in [0.3, 0.4) is 0 Å². The van der Waals surface area contributed by atoms with E-state index < -0.39 is 0 Å². The predicted molar refractivity (Wildman–Crippen MR) is 92.0 cm³/mol. The van der Waals surface area contributed by atoms with Crippen LogP contribution >= 0.6 is 27.5 Å². The van der Waals surface area contributed by atoms with Crippen molar-refractivity contribution in [1.29, 1.82) is 0 Å². The minimum Gasteiger partial charge on any atom is -0.489 e. The number of rotatable bonds is 6. The molecule has 0 aliphatic heterocycles. The molecule has 0 aromatic heterocycles. The molecule has 0 unspecified atom stereocenters. The summed E-state index contributed by atoms with van der Waals surface area (Å²) in [7, 11) is 0. The van der Waals surface area contributed by atoms with Gasteiger partial charge in [0, 0.05) is 27.2 Å². The summed E-state index contributed by atoms with van der Waals surface area (Å²) in [4.78, 5) is 0. The molecule has 0 heterocycles. The molecule has 2 aromatic carbocycles. The maximum atomic E-state index is 6.24. The molecule has 0 bridgehead atoms. The molecule has 112 valence electrons. The molecule has 0 fully saturated rings. The van der Waals surface area contributed by atoms with Gasteiger partial charge in [-0.05, 0) is 43.3 Å². The van der Waals surface area contributed by atoms with E-state index >= 15 is 0 Å². The molecule has 0 saturated heterocycles. The van der Waals surface area contributed by atoms with Gasteiger partial charge in [0.15, 0.2) is 0 Å². The highest BCUT2D eigenvalue weighted by atomic mass is 79.9. The Morgan fingerprint density at radius 2 is 1.95 bits per heavy atom. The molecule has 2 nitrogen and oxygen atoms in total. The van der Waals surface area contributed by atoms with Crippen LogP contribution in [0.5, 0.6) is 5.75 Å². The van der Waals surface area contributed by atoms with Crippen molar-refractivity contribution in [2.24, 2.45) is 0 Å². The highest BCUT2D eigenvalue weighted by molar-refractivity contribution is 9.10. The summed E-state index contributed by atoms with van der Waals surface area (Å²) >= 11 is 9.74. The first-order valence-electron chi connectivity index (χ1n) is 6.97. The lowest BCUT2D eigenvalue weighted by Gasteiger charge is -2.13. The molecule has 21 heavy (non-hydrogen) atoms. The molecule has 0 radical (unpaired) electrons. The summed E-state index contributed by atoms with van der Waals surface area (Å²) in [6.45, 7) is 6.30. The van der Waals surface area contributed by atoms with E-state index in [0.717, 1.165) is 45.0 Å². The summed E-state index contributed by atoms with van der Waals surface area (Å²) in [5.74, 6) is 0.885. The Bertz CT molecular complexity index is 616. The summed E-state index contributed by atoms with van der Waals surface area (Å²) in [5, 5.41) is 4.07. The fourth-order valence-corrected chi connectivity index (χ4v) is 2.71. The zero-order chi connectivity index (χ0) is 15.2. The molecule has 2 rings (SSSR count). The molecular formula is C17H19BrClNO. The highest BCUT2D eigenvalue weighted by Crippen LogP contribution is 2.25. The van der Waals surface area contributed by atoms with E-state index in [0.29, 0.717) is 6.61 Å². The first kappa shape index (κ1) is 16.3. The summed E-state index contributed by atoms with van der Waals surface area (Å²) in [6, 6.07) is 12.1. The van der Waals surface area contributed by atoms with E-state index in [-0.39, 0.29) is 0 Å². The van der Waals surface area contributed by atoms with Gasteiger partial charge in [0.25, 0.3) is 0 Å². The standard InChI is InChI=1S/C17H19BrClNO/c1-3-20-10-14-9-15(18)6-7-17(14)21-11-13-5-4-12(2)8-16(13)19/h4-9,20H,3,10-11H2,1-2H3. The molecule has 0 amide bonds. The Morgan fingerprint density at radius 1 is 1.14 bits per heavy atom. The van der Waals surface area contributed by atoms with Gasteiger partial charge < -0.3 is 10.1 Å². The fraction of sp³-hybridized carbons (Fsp3) is 0.294. The molecule has 0 spiro atoms. The van der Waals surface area contributed by atoms with Gasteiger partial charge in [-0.25, -0.2) is 0 Å². The molecule has 2 aromatic rings. The minimum atomic E-state index is 0.472. The van der Waals surface area contributed by atoms with Gasteiger partial charge in [0.05, 0.1) is 0 Å². The van der Waals surface area contributed by atoms with Gasteiger partial charge in [0.2, 0.25) is 0 Å². The van der Waals surface area contributed by atoms with Crippen molar-refractivity contribution in [3.63, 3.8) is 0 Å². The number of benzene rings is 2. The van der Waals surface area contributed by atoms with Crippen molar-refractivity contribution in [1.82, 2.24) is 5.32 Å². The lowest BCUT2D eigenvalue weighted by molar-refractivity contribution is 0.302. The van der Waals surface area contributed by atoms with Crippen LogP contribution < -0.4 is 10.1 Å². The summed E-state index contributed by atoms with van der Waals surface area (Å²) in [5.41, 5.74) is 3.29. The van der Waals surface area contributed by atoms with E-state index in [9.17, 15) is 0 Å². The average Bonchev–Trinajstić information content (AvgIpc) is 2.45.